The number of rotatable bonds is 3. The molecule has 0 unspecified atom stereocenters. The molecule has 1 aliphatic rings. The van der Waals surface area contributed by atoms with Gasteiger partial charge < -0.3 is 9.73 Å². The average Bonchev–Trinajstić information content (AvgIpc) is 3.23. The highest BCUT2D eigenvalue weighted by Crippen LogP contribution is 2.32. The van der Waals surface area contributed by atoms with Gasteiger partial charge in [-0.2, -0.15) is 0 Å². The number of nitrogens with zero attached hydrogens (tertiary/aromatic N) is 1. The highest BCUT2D eigenvalue weighted by molar-refractivity contribution is 8.18. The van der Waals surface area contributed by atoms with E-state index in [-0.39, 0.29) is 5.91 Å². The molecule has 1 N–H and O–H groups in total. The summed E-state index contributed by atoms with van der Waals surface area (Å²) in [5, 5.41) is 3.93. The van der Waals surface area contributed by atoms with Gasteiger partial charge in [-0.3, -0.25) is 4.79 Å². The molecule has 1 amide bonds. The highest BCUT2D eigenvalue weighted by Gasteiger charge is 2.24. The number of hydrogen-bond acceptors (Lipinski definition) is 4. The van der Waals surface area contributed by atoms with Gasteiger partial charge >= 0.3 is 0 Å². The molecular formula is C20H13ClN2O2S. The second-order valence-electron chi connectivity index (χ2n) is 5.50. The van der Waals surface area contributed by atoms with E-state index in [1.807, 2.05) is 66.7 Å². The number of para-hydroxylation sites is 1. The summed E-state index contributed by atoms with van der Waals surface area (Å²) in [7, 11) is 0. The number of amides is 1. The summed E-state index contributed by atoms with van der Waals surface area (Å²) in [5.74, 6) is 1.04. The van der Waals surface area contributed by atoms with Crippen molar-refractivity contribution in [2.24, 2.45) is 4.99 Å². The zero-order chi connectivity index (χ0) is 17.9. The van der Waals surface area contributed by atoms with Crippen molar-refractivity contribution in [3.63, 3.8) is 0 Å². The van der Waals surface area contributed by atoms with Gasteiger partial charge in [-0.05, 0) is 48.2 Å². The van der Waals surface area contributed by atoms with Crippen LogP contribution in [0, 0.1) is 0 Å². The van der Waals surface area contributed by atoms with Crippen molar-refractivity contribution >= 4 is 46.2 Å². The molecule has 3 aromatic rings. The Labute approximate surface area is 159 Å². The van der Waals surface area contributed by atoms with E-state index in [4.69, 9.17) is 16.0 Å². The van der Waals surface area contributed by atoms with Crippen LogP contribution in [0.25, 0.3) is 17.4 Å². The molecule has 4 rings (SSSR count). The minimum absolute atomic E-state index is 0.194. The molecule has 2 aromatic carbocycles. The van der Waals surface area contributed by atoms with Crippen molar-refractivity contribution in [1.82, 2.24) is 5.32 Å². The Bertz CT molecular complexity index is 1030. The van der Waals surface area contributed by atoms with Crippen LogP contribution in [0.3, 0.4) is 0 Å². The van der Waals surface area contributed by atoms with Crippen LogP contribution in [-0.2, 0) is 4.79 Å². The molecular weight excluding hydrogens is 368 g/mol. The molecule has 1 saturated heterocycles. The lowest BCUT2D eigenvalue weighted by molar-refractivity contribution is -0.115. The number of aliphatic imine (C=N–C) groups is 1. The number of nitrogens with one attached hydrogen (secondary N) is 1. The summed E-state index contributed by atoms with van der Waals surface area (Å²) in [6.45, 7) is 0. The summed E-state index contributed by atoms with van der Waals surface area (Å²) in [6, 6.07) is 20.6. The number of furan rings is 1. The van der Waals surface area contributed by atoms with Crippen LogP contribution in [0.4, 0.5) is 5.69 Å². The summed E-state index contributed by atoms with van der Waals surface area (Å²) in [5.41, 5.74) is 1.60. The number of halogens is 1. The SMILES string of the molecule is O=C1NC(=Nc2ccccc2)SC1=Cc1ccc(-c2ccccc2Cl)o1. The van der Waals surface area contributed by atoms with Crippen molar-refractivity contribution < 1.29 is 9.21 Å². The Morgan fingerprint density at radius 1 is 1.00 bits per heavy atom. The molecule has 0 radical (unpaired) electrons. The first-order valence-electron chi connectivity index (χ1n) is 7.88. The standard InChI is InChI=1S/C20H13ClN2O2S/c21-16-9-5-4-8-15(16)17-11-10-14(25-17)12-18-19(24)23-20(26-18)22-13-6-2-1-3-7-13/h1-12H,(H,22,23,24). The molecule has 1 fully saturated rings. The van der Waals surface area contributed by atoms with Crippen LogP contribution >= 0.6 is 23.4 Å². The number of carbonyl (C=O) groups excluding carboxylic acids is 1. The monoisotopic (exact) mass is 380 g/mol. The Hall–Kier alpha value is -2.76. The molecule has 2 heterocycles. The Morgan fingerprint density at radius 3 is 2.58 bits per heavy atom. The third kappa shape index (κ3) is 3.59. The highest BCUT2D eigenvalue weighted by atomic mass is 35.5. The molecule has 1 aliphatic heterocycles. The van der Waals surface area contributed by atoms with E-state index in [9.17, 15) is 4.79 Å². The summed E-state index contributed by atoms with van der Waals surface area (Å²) < 4.78 is 5.82. The first-order valence-corrected chi connectivity index (χ1v) is 9.08. The first-order chi connectivity index (χ1) is 12.7. The van der Waals surface area contributed by atoms with Gasteiger partial charge in [-0.1, -0.05) is 41.9 Å². The van der Waals surface area contributed by atoms with Gasteiger partial charge in [-0.25, -0.2) is 4.99 Å². The van der Waals surface area contributed by atoms with Gasteiger partial charge in [0.1, 0.15) is 11.5 Å². The zero-order valence-electron chi connectivity index (χ0n) is 13.5. The number of benzene rings is 2. The number of hydrogen-bond donors (Lipinski definition) is 1. The maximum Gasteiger partial charge on any atom is 0.264 e. The van der Waals surface area contributed by atoms with E-state index in [0.717, 1.165) is 11.3 Å². The van der Waals surface area contributed by atoms with Crippen molar-refractivity contribution in [3.05, 3.63) is 82.4 Å². The van der Waals surface area contributed by atoms with Gasteiger partial charge in [0.05, 0.1) is 15.6 Å². The summed E-state index contributed by atoms with van der Waals surface area (Å²) in [6.07, 6.45) is 1.70. The quantitative estimate of drug-likeness (QED) is 0.611. The van der Waals surface area contributed by atoms with Crippen LogP contribution in [-0.4, -0.2) is 11.1 Å². The van der Waals surface area contributed by atoms with Crippen molar-refractivity contribution in [3.8, 4) is 11.3 Å². The molecule has 1 aromatic heterocycles. The van der Waals surface area contributed by atoms with Gasteiger partial charge in [0, 0.05) is 11.6 Å². The lowest BCUT2D eigenvalue weighted by Gasteiger charge is -1.99. The number of amidine groups is 1. The van der Waals surface area contributed by atoms with E-state index >= 15 is 0 Å². The van der Waals surface area contributed by atoms with Gasteiger partial charge in [0.15, 0.2) is 5.17 Å². The van der Waals surface area contributed by atoms with Crippen molar-refractivity contribution in [1.29, 1.82) is 0 Å². The third-order valence-electron chi connectivity index (χ3n) is 3.68. The zero-order valence-corrected chi connectivity index (χ0v) is 15.1. The second-order valence-corrected chi connectivity index (χ2v) is 6.94. The maximum atomic E-state index is 12.2. The second kappa shape index (κ2) is 7.23. The van der Waals surface area contributed by atoms with Crippen LogP contribution in [0.15, 0.2) is 81.0 Å². The fourth-order valence-electron chi connectivity index (χ4n) is 2.47. The predicted molar refractivity (Wildman–Crippen MR) is 106 cm³/mol. The van der Waals surface area contributed by atoms with Crippen molar-refractivity contribution in [2.45, 2.75) is 0 Å². The molecule has 4 nitrogen and oxygen atoms in total. The van der Waals surface area contributed by atoms with E-state index < -0.39 is 0 Å². The number of thioether (sulfide) groups is 1. The minimum Gasteiger partial charge on any atom is -0.457 e. The van der Waals surface area contributed by atoms with Gasteiger partial charge in [-0.15, -0.1) is 0 Å². The third-order valence-corrected chi connectivity index (χ3v) is 4.92. The molecule has 0 atom stereocenters. The molecule has 0 aliphatic carbocycles. The normalized spacial score (nSPS) is 17.0. The molecule has 0 spiro atoms. The Balaban J connectivity index is 1.57. The topological polar surface area (TPSA) is 54.6 Å². The van der Waals surface area contributed by atoms with Crippen molar-refractivity contribution in [2.75, 3.05) is 0 Å². The fraction of sp³-hybridized carbons (Fsp3) is 0. The maximum absolute atomic E-state index is 12.2. The van der Waals surface area contributed by atoms with E-state index in [0.29, 0.717) is 26.6 Å². The van der Waals surface area contributed by atoms with E-state index in [2.05, 4.69) is 10.3 Å². The predicted octanol–water partition coefficient (Wildman–Crippen LogP) is 5.49. The largest absolute Gasteiger partial charge is 0.457 e. The van der Waals surface area contributed by atoms with Gasteiger partial charge in [0.2, 0.25) is 0 Å². The van der Waals surface area contributed by atoms with Crippen LogP contribution in [0.5, 0.6) is 0 Å². The van der Waals surface area contributed by atoms with Crippen LogP contribution < -0.4 is 5.32 Å². The average molecular weight is 381 g/mol. The summed E-state index contributed by atoms with van der Waals surface area (Å²) >= 11 is 7.48. The summed E-state index contributed by atoms with van der Waals surface area (Å²) in [4.78, 5) is 17.1. The molecule has 0 bridgehead atoms. The molecule has 26 heavy (non-hydrogen) atoms. The first kappa shape index (κ1) is 16.7. The van der Waals surface area contributed by atoms with E-state index in [1.165, 1.54) is 11.8 Å². The minimum atomic E-state index is -0.194. The fourth-order valence-corrected chi connectivity index (χ4v) is 3.52. The van der Waals surface area contributed by atoms with E-state index in [1.54, 1.807) is 6.08 Å². The smallest absolute Gasteiger partial charge is 0.264 e. The molecule has 6 heteroatoms. The van der Waals surface area contributed by atoms with Crippen LogP contribution in [0.2, 0.25) is 5.02 Å². The van der Waals surface area contributed by atoms with Crippen LogP contribution in [0.1, 0.15) is 5.76 Å². The lowest BCUT2D eigenvalue weighted by Crippen LogP contribution is -2.19. The Kier molecular flexibility index (Phi) is 4.65. The Morgan fingerprint density at radius 2 is 1.77 bits per heavy atom. The number of carbonyl (C=O) groups is 1. The molecule has 128 valence electrons. The lowest BCUT2D eigenvalue weighted by atomic mass is 10.2. The van der Waals surface area contributed by atoms with Gasteiger partial charge in [0.25, 0.3) is 5.91 Å². The molecule has 0 saturated carbocycles.